The Balaban J connectivity index is 1.54. The van der Waals surface area contributed by atoms with E-state index >= 15 is 0 Å². The van der Waals surface area contributed by atoms with Crippen LogP contribution in [0.15, 0.2) is 48.5 Å². The summed E-state index contributed by atoms with van der Waals surface area (Å²) in [7, 11) is -0.379. The fourth-order valence-corrected chi connectivity index (χ4v) is 3.24. The number of hydrogen-bond acceptors (Lipinski definition) is 5. The largest absolute Gasteiger partial charge is 0.494 e. The molecule has 1 amide bonds. The average Bonchev–Trinajstić information content (AvgIpc) is 3.25. The minimum atomic E-state index is -0.615. The van der Waals surface area contributed by atoms with E-state index in [1.54, 1.807) is 0 Å². The number of nitrogens with two attached hydrogens (primary N) is 1. The highest BCUT2D eigenvalue weighted by molar-refractivity contribution is 6.62. The molecule has 0 saturated carbocycles. The van der Waals surface area contributed by atoms with E-state index < -0.39 is 5.91 Å². The molecule has 3 N–H and O–H groups in total. The van der Waals surface area contributed by atoms with Crippen LogP contribution < -0.4 is 11.2 Å². The molecule has 2 aromatic carbocycles. The van der Waals surface area contributed by atoms with Gasteiger partial charge in [-0.1, -0.05) is 48.5 Å². The fourth-order valence-electron chi connectivity index (χ4n) is 3.24. The van der Waals surface area contributed by atoms with E-state index in [0.717, 1.165) is 22.2 Å². The Labute approximate surface area is 169 Å². The highest BCUT2D eigenvalue weighted by Crippen LogP contribution is 2.36. The van der Waals surface area contributed by atoms with E-state index in [0.29, 0.717) is 5.69 Å². The second-order valence-electron chi connectivity index (χ2n) is 8.17. The van der Waals surface area contributed by atoms with Crippen LogP contribution in [0.25, 0.3) is 22.4 Å². The number of rotatable bonds is 4. The molecule has 4 rings (SSSR count). The molecule has 0 unspecified atom stereocenters. The van der Waals surface area contributed by atoms with Crippen molar-refractivity contribution in [3.63, 3.8) is 0 Å². The summed E-state index contributed by atoms with van der Waals surface area (Å²) in [6.07, 6.45) is 0. The first-order chi connectivity index (χ1) is 13.7. The van der Waals surface area contributed by atoms with Gasteiger partial charge in [0, 0.05) is 5.56 Å². The monoisotopic (exact) mass is 390 g/mol. The Morgan fingerprint density at radius 3 is 1.86 bits per heavy atom. The van der Waals surface area contributed by atoms with Crippen LogP contribution in [0, 0.1) is 0 Å². The molecular formula is C21H23BN4O3. The topological polar surface area (TPSA) is 103 Å². The zero-order chi connectivity index (χ0) is 20.8. The summed E-state index contributed by atoms with van der Waals surface area (Å²) in [6, 6.07) is 15.9. The van der Waals surface area contributed by atoms with Crippen LogP contribution in [-0.4, -0.2) is 39.6 Å². The number of hydrogen-bond donors (Lipinski definition) is 2. The first-order valence-corrected chi connectivity index (χ1v) is 9.45. The molecule has 0 radical (unpaired) electrons. The lowest BCUT2D eigenvalue weighted by Crippen LogP contribution is -2.41. The predicted molar refractivity (Wildman–Crippen MR) is 111 cm³/mol. The molecule has 1 aliphatic rings. The van der Waals surface area contributed by atoms with Crippen molar-refractivity contribution in [2.24, 2.45) is 5.73 Å². The third-order valence-electron chi connectivity index (χ3n) is 5.71. The Bertz CT molecular complexity index is 1030. The molecule has 1 aliphatic heterocycles. The first-order valence-electron chi connectivity index (χ1n) is 9.45. The summed E-state index contributed by atoms with van der Waals surface area (Å²) in [4.78, 5) is 11.4. The van der Waals surface area contributed by atoms with Crippen LogP contribution in [0.3, 0.4) is 0 Å². The van der Waals surface area contributed by atoms with E-state index in [9.17, 15) is 4.79 Å². The summed E-state index contributed by atoms with van der Waals surface area (Å²) >= 11 is 0. The molecule has 1 aromatic heterocycles. The van der Waals surface area contributed by atoms with Crippen LogP contribution in [-0.2, 0) is 9.31 Å². The molecule has 0 aliphatic carbocycles. The zero-order valence-corrected chi connectivity index (χ0v) is 16.9. The number of benzene rings is 2. The fraction of sp³-hybridized carbons (Fsp3) is 0.286. The third kappa shape index (κ3) is 3.45. The zero-order valence-electron chi connectivity index (χ0n) is 16.9. The van der Waals surface area contributed by atoms with Gasteiger partial charge < -0.3 is 15.0 Å². The molecule has 3 aromatic rings. The summed E-state index contributed by atoms with van der Waals surface area (Å²) in [5, 5.41) is 10.3. The Morgan fingerprint density at radius 1 is 0.862 bits per heavy atom. The van der Waals surface area contributed by atoms with Gasteiger partial charge in [-0.2, -0.15) is 15.4 Å². The summed E-state index contributed by atoms with van der Waals surface area (Å²) in [5.74, 6) is -0.615. The summed E-state index contributed by atoms with van der Waals surface area (Å²) in [5.41, 5.74) is 9.04. The minimum absolute atomic E-state index is 0.129. The highest BCUT2D eigenvalue weighted by Gasteiger charge is 2.51. The molecule has 1 saturated heterocycles. The number of carbonyl (C=O) groups is 1. The highest BCUT2D eigenvalue weighted by atomic mass is 16.7. The lowest BCUT2D eigenvalue weighted by atomic mass is 9.78. The summed E-state index contributed by atoms with van der Waals surface area (Å²) in [6.45, 7) is 8.17. The normalized spacial score (nSPS) is 17.4. The van der Waals surface area contributed by atoms with Crippen molar-refractivity contribution in [3.05, 3.63) is 54.2 Å². The van der Waals surface area contributed by atoms with Gasteiger partial charge in [0.15, 0.2) is 5.69 Å². The maximum atomic E-state index is 11.4. The van der Waals surface area contributed by atoms with Gasteiger partial charge in [0.05, 0.1) is 11.2 Å². The second-order valence-corrected chi connectivity index (χ2v) is 8.17. The van der Waals surface area contributed by atoms with Gasteiger partial charge in [0.25, 0.3) is 5.91 Å². The van der Waals surface area contributed by atoms with Gasteiger partial charge in [-0.05, 0) is 44.3 Å². The van der Waals surface area contributed by atoms with Gasteiger partial charge in [0.2, 0.25) is 0 Å². The van der Waals surface area contributed by atoms with Crippen molar-refractivity contribution in [1.29, 1.82) is 0 Å². The maximum absolute atomic E-state index is 11.4. The van der Waals surface area contributed by atoms with Crippen molar-refractivity contribution < 1.29 is 14.1 Å². The number of aromatic amines is 1. The number of nitrogens with one attached hydrogen (secondary N) is 1. The molecule has 1 fully saturated rings. The van der Waals surface area contributed by atoms with Crippen molar-refractivity contribution in [1.82, 2.24) is 15.4 Å². The average molecular weight is 390 g/mol. The predicted octanol–water partition coefficient (Wildman–Crippen LogP) is 2.54. The molecule has 0 atom stereocenters. The Morgan fingerprint density at radius 2 is 1.34 bits per heavy atom. The van der Waals surface area contributed by atoms with Crippen LogP contribution in [0.1, 0.15) is 38.2 Å². The molecular weight excluding hydrogens is 367 g/mol. The van der Waals surface area contributed by atoms with Gasteiger partial charge >= 0.3 is 7.12 Å². The van der Waals surface area contributed by atoms with E-state index in [-0.39, 0.29) is 24.0 Å². The molecule has 148 valence electrons. The van der Waals surface area contributed by atoms with Gasteiger partial charge in [-0.15, -0.1) is 0 Å². The molecule has 7 nitrogen and oxygen atoms in total. The van der Waals surface area contributed by atoms with Crippen molar-refractivity contribution in [2.45, 2.75) is 38.9 Å². The van der Waals surface area contributed by atoms with Crippen molar-refractivity contribution in [2.75, 3.05) is 0 Å². The summed E-state index contributed by atoms with van der Waals surface area (Å²) < 4.78 is 12.2. The van der Waals surface area contributed by atoms with Crippen LogP contribution in [0.2, 0.25) is 0 Å². The van der Waals surface area contributed by atoms with Crippen LogP contribution in [0.4, 0.5) is 0 Å². The van der Waals surface area contributed by atoms with Gasteiger partial charge in [-0.25, -0.2) is 0 Å². The molecule has 0 bridgehead atoms. The maximum Gasteiger partial charge on any atom is 0.494 e. The molecule has 2 heterocycles. The Hall–Kier alpha value is -2.97. The first kappa shape index (κ1) is 19.4. The molecule has 8 heteroatoms. The quantitative estimate of drug-likeness (QED) is 0.667. The van der Waals surface area contributed by atoms with E-state index in [4.69, 9.17) is 15.0 Å². The van der Waals surface area contributed by atoms with E-state index in [1.807, 2.05) is 76.2 Å². The van der Waals surface area contributed by atoms with Crippen molar-refractivity contribution >= 4 is 18.5 Å². The second kappa shape index (κ2) is 6.82. The van der Waals surface area contributed by atoms with Gasteiger partial charge in [0.1, 0.15) is 5.69 Å². The van der Waals surface area contributed by atoms with Crippen LogP contribution >= 0.6 is 0 Å². The molecule has 29 heavy (non-hydrogen) atoms. The number of carbonyl (C=O) groups excluding carboxylic acids is 1. The smallest absolute Gasteiger partial charge is 0.399 e. The Kier molecular flexibility index (Phi) is 4.55. The van der Waals surface area contributed by atoms with Crippen LogP contribution in [0.5, 0.6) is 0 Å². The van der Waals surface area contributed by atoms with E-state index in [2.05, 4.69) is 15.4 Å². The standard InChI is InChI=1S/C21H23BN4O3/c1-20(2)21(3,4)29-22(28-20)16-11-9-14(10-12-16)13-5-7-15(8-6-13)17-18(19(23)27)25-26-24-17/h5-12H,1-4H3,(H2,23,27)(H,24,25,26). The number of nitrogens with zero attached hydrogens (tertiary/aromatic N) is 2. The number of amides is 1. The van der Waals surface area contributed by atoms with Crippen molar-refractivity contribution in [3.8, 4) is 22.4 Å². The third-order valence-corrected chi connectivity index (χ3v) is 5.71. The number of aromatic nitrogens is 3. The van der Waals surface area contributed by atoms with Gasteiger partial charge in [-0.3, -0.25) is 4.79 Å². The SMILES string of the molecule is CC1(C)OB(c2ccc(-c3ccc(-c4n[nH]nc4C(N)=O)cc3)cc2)OC1(C)C. The number of primary amides is 1. The lowest BCUT2D eigenvalue weighted by Gasteiger charge is -2.32. The van der Waals surface area contributed by atoms with E-state index in [1.165, 1.54) is 0 Å². The molecule has 0 spiro atoms. The minimum Gasteiger partial charge on any atom is -0.399 e. The lowest BCUT2D eigenvalue weighted by molar-refractivity contribution is 0.00578. The number of H-pyrrole nitrogens is 1.